The molecule has 5 heteroatoms. The molecule has 0 fully saturated rings. The van der Waals surface area contributed by atoms with E-state index in [0.29, 0.717) is 0 Å². The molecule has 2 aromatic carbocycles. The Kier molecular flexibility index (Phi) is 3.67. The van der Waals surface area contributed by atoms with Crippen LogP contribution >= 0.6 is 0 Å². The van der Waals surface area contributed by atoms with Gasteiger partial charge in [0, 0.05) is 5.69 Å². The summed E-state index contributed by atoms with van der Waals surface area (Å²) in [6, 6.07) is 18.3. The van der Waals surface area contributed by atoms with Gasteiger partial charge in [0.1, 0.15) is 12.1 Å². The summed E-state index contributed by atoms with van der Waals surface area (Å²) in [6.45, 7) is 2.15. The quantitative estimate of drug-likeness (QED) is 0.615. The molecule has 0 amide bonds. The Morgan fingerprint density at radius 2 is 1.75 bits per heavy atom. The zero-order valence-corrected chi connectivity index (χ0v) is 13.3. The highest BCUT2D eigenvalue weighted by molar-refractivity contribution is 5.89. The summed E-state index contributed by atoms with van der Waals surface area (Å²) in [6.07, 6.45) is 4.39. The van der Waals surface area contributed by atoms with E-state index in [1.54, 1.807) is 12.5 Å². The van der Waals surface area contributed by atoms with E-state index in [1.165, 1.54) is 5.56 Å². The van der Waals surface area contributed by atoms with E-state index in [-0.39, 0.29) is 0 Å². The largest absolute Gasteiger partial charge is 0.340 e. The maximum absolute atomic E-state index is 4.47. The van der Waals surface area contributed by atoms with Crippen LogP contribution in [0.4, 0.5) is 11.5 Å². The summed E-state index contributed by atoms with van der Waals surface area (Å²) < 4.78 is 1.82. The van der Waals surface area contributed by atoms with Crippen molar-refractivity contribution in [3.8, 4) is 5.69 Å². The number of nitrogens with zero attached hydrogens (tertiary/aromatic N) is 4. The normalized spacial score (nSPS) is 10.9. The minimum atomic E-state index is 0.756. The molecule has 0 aliphatic heterocycles. The van der Waals surface area contributed by atoms with Crippen LogP contribution in [0.15, 0.2) is 67.1 Å². The molecule has 0 spiro atoms. The number of hydrogen-bond acceptors (Lipinski definition) is 4. The summed E-state index contributed by atoms with van der Waals surface area (Å²) in [5.74, 6) is 0.756. The molecule has 0 radical (unpaired) electrons. The first-order valence-corrected chi connectivity index (χ1v) is 7.95. The van der Waals surface area contributed by atoms with Gasteiger partial charge in [0.05, 0.1) is 17.3 Å². The molecule has 0 aliphatic rings. The van der Waals surface area contributed by atoms with E-state index in [4.69, 9.17) is 0 Å². The SMILES string of the molecule is CCc1ccc(Nc2ncnc3c2cnn3-c2ccccc2)cc1. The maximum Gasteiger partial charge on any atom is 0.168 e. The first kappa shape index (κ1) is 14.4. The lowest BCUT2D eigenvalue weighted by Gasteiger charge is -2.07. The Labute approximate surface area is 140 Å². The molecule has 0 unspecified atom stereocenters. The van der Waals surface area contributed by atoms with Crippen LogP contribution in [-0.2, 0) is 6.42 Å². The number of benzene rings is 2. The van der Waals surface area contributed by atoms with E-state index >= 15 is 0 Å². The van der Waals surface area contributed by atoms with Crippen LogP contribution in [0.25, 0.3) is 16.7 Å². The lowest BCUT2D eigenvalue weighted by Crippen LogP contribution is -1.99. The number of aromatic nitrogens is 4. The van der Waals surface area contributed by atoms with Gasteiger partial charge in [-0.15, -0.1) is 0 Å². The zero-order chi connectivity index (χ0) is 16.4. The van der Waals surface area contributed by atoms with Crippen molar-refractivity contribution in [1.82, 2.24) is 19.7 Å². The molecule has 1 N–H and O–H groups in total. The predicted molar refractivity (Wildman–Crippen MR) is 95.8 cm³/mol. The average molecular weight is 315 g/mol. The summed E-state index contributed by atoms with van der Waals surface area (Å²) in [7, 11) is 0. The molecular formula is C19H17N5. The van der Waals surface area contributed by atoms with Gasteiger partial charge in [-0.05, 0) is 36.2 Å². The Bertz CT molecular complexity index is 958. The maximum atomic E-state index is 4.47. The number of anilines is 2. The third-order valence-corrected chi connectivity index (χ3v) is 3.99. The van der Waals surface area contributed by atoms with Crippen LogP contribution in [0, 0.1) is 0 Å². The fraction of sp³-hybridized carbons (Fsp3) is 0.105. The topological polar surface area (TPSA) is 55.6 Å². The Morgan fingerprint density at radius 1 is 0.958 bits per heavy atom. The second-order valence-electron chi connectivity index (χ2n) is 5.53. The monoisotopic (exact) mass is 315 g/mol. The van der Waals surface area contributed by atoms with Crippen LogP contribution in [0.1, 0.15) is 12.5 Å². The lowest BCUT2D eigenvalue weighted by molar-refractivity contribution is 0.895. The number of aryl methyl sites for hydroxylation is 1. The van der Waals surface area contributed by atoms with Crippen molar-refractivity contribution in [2.45, 2.75) is 13.3 Å². The predicted octanol–water partition coefficient (Wildman–Crippen LogP) is 4.12. The number of hydrogen-bond donors (Lipinski definition) is 1. The summed E-state index contributed by atoms with van der Waals surface area (Å²) in [5.41, 5.74) is 4.07. The fourth-order valence-corrected chi connectivity index (χ4v) is 2.66. The van der Waals surface area contributed by atoms with Crippen molar-refractivity contribution in [3.63, 3.8) is 0 Å². The fourth-order valence-electron chi connectivity index (χ4n) is 2.66. The molecule has 0 saturated carbocycles. The molecule has 0 bridgehead atoms. The Morgan fingerprint density at radius 3 is 2.50 bits per heavy atom. The van der Waals surface area contributed by atoms with Gasteiger partial charge in [-0.2, -0.15) is 5.10 Å². The lowest BCUT2D eigenvalue weighted by atomic mass is 10.1. The van der Waals surface area contributed by atoms with E-state index in [9.17, 15) is 0 Å². The molecule has 118 valence electrons. The van der Waals surface area contributed by atoms with E-state index < -0.39 is 0 Å². The number of para-hydroxylation sites is 1. The number of fused-ring (bicyclic) bond motifs is 1. The Balaban J connectivity index is 1.73. The van der Waals surface area contributed by atoms with Gasteiger partial charge in [-0.3, -0.25) is 0 Å². The van der Waals surface area contributed by atoms with Crippen LogP contribution in [-0.4, -0.2) is 19.7 Å². The van der Waals surface area contributed by atoms with E-state index in [0.717, 1.165) is 34.6 Å². The van der Waals surface area contributed by atoms with Gasteiger partial charge in [0.25, 0.3) is 0 Å². The smallest absolute Gasteiger partial charge is 0.168 e. The van der Waals surface area contributed by atoms with Crippen LogP contribution in [0.2, 0.25) is 0 Å². The van der Waals surface area contributed by atoms with Gasteiger partial charge in [-0.25, -0.2) is 14.6 Å². The highest BCUT2D eigenvalue weighted by Crippen LogP contribution is 2.24. The van der Waals surface area contributed by atoms with Gasteiger partial charge in [0.15, 0.2) is 5.65 Å². The Hall–Kier alpha value is -3.21. The third-order valence-electron chi connectivity index (χ3n) is 3.99. The summed E-state index contributed by atoms with van der Waals surface area (Å²) >= 11 is 0. The van der Waals surface area contributed by atoms with Crippen LogP contribution < -0.4 is 5.32 Å². The van der Waals surface area contributed by atoms with Crippen LogP contribution in [0.3, 0.4) is 0 Å². The van der Waals surface area contributed by atoms with Gasteiger partial charge in [0.2, 0.25) is 0 Å². The molecule has 0 aliphatic carbocycles. The molecular weight excluding hydrogens is 298 g/mol. The molecule has 5 nitrogen and oxygen atoms in total. The molecule has 2 heterocycles. The first-order valence-electron chi connectivity index (χ1n) is 7.95. The highest BCUT2D eigenvalue weighted by Gasteiger charge is 2.11. The third kappa shape index (κ3) is 2.60. The van der Waals surface area contributed by atoms with Crippen molar-refractivity contribution in [3.05, 3.63) is 72.7 Å². The molecule has 0 atom stereocenters. The molecule has 24 heavy (non-hydrogen) atoms. The zero-order valence-electron chi connectivity index (χ0n) is 13.3. The van der Waals surface area contributed by atoms with Crippen molar-refractivity contribution >= 4 is 22.5 Å². The van der Waals surface area contributed by atoms with E-state index in [2.05, 4.69) is 51.6 Å². The van der Waals surface area contributed by atoms with E-state index in [1.807, 2.05) is 35.0 Å². The molecule has 0 saturated heterocycles. The molecule has 4 aromatic rings. The second kappa shape index (κ2) is 6.12. The average Bonchev–Trinajstić information content (AvgIpc) is 3.08. The second-order valence-corrected chi connectivity index (χ2v) is 5.53. The molecule has 4 rings (SSSR count). The number of rotatable bonds is 4. The minimum absolute atomic E-state index is 0.756. The van der Waals surface area contributed by atoms with Crippen molar-refractivity contribution in [1.29, 1.82) is 0 Å². The van der Waals surface area contributed by atoms with Crippen molar-refractivity contribution < 1.29 is 0 Å². The van der Waals surface area contributed by atoms with Crippen molar-refractivity contribution in [2.75, 3.05) is 5.32 Å². The van der Waals surface area contributed by atoms with Gasteiger partial charge in [-0.1, -0.05) is 37.3 Å². The highest BCUT2D eigenvalue weighted by atomic mass is 15.3. The summed E-state index contributed by atoms with van der Waals surface area (Å²) in [4.78, 5) is 8.77. The molecule has 2 aromatic heterocycles. The standard InChI is InChI=1S/C19H17N5/c1-2-14-8-10-15(11-9-14)23-18-17-12-22-24(19(17)21-13-20-18)16-6-4-3-5-7-16/h3-13H,2H2,1H3,(H,20,21,23). The summed E-state index contributed by atoms with van der Waals surface area (Å²) in [5, 5.41) is 8.72. The van der Waals surface area contributed by atoms with Gasteiger partial charge < -0.3 is 5.32 Å². The van der Waals surface area contributed by atoms with Crippen molar-refractivity contribution in [2.24, 2.45) is 0 Å². The minimum Gasteiger partial charge on any atom is -0.340 e. The van der Waals surface area contributed by atoms with Crippen LogP contribution in [0.5, 0.6) is 0 Å². The number of nitrogens with one attached hydrogen (secondary N) is 1. The van der Waals surface area contributed by atoms with Gasteiger partial charge >= 0.3 is 0 Å². The first-order chi connectivity index (χ1) is 11.8.